The first kappa shape index (κ1) is 41.4. The molecule has 0 fully saturated rings. The van der Waals surface area contributed by atoms with Crippen LogP contribution in [0.5, 0.6) is 0 Å². The molecule has 4 nitrogen and oxygen atoms in total. The van der Waals surface area contributed by atoms with Crippen LogP contribution < -0.4 is 5.19 Å². The molecule has 3 heterocycles. The van der Waals surface area contributed by atoms with Crippen LogP contribution in [0.4, 0.5) is 0 Å². The third-order valence-corrected chi connectivity index (χ3v) is 13.4. The fourth-order valence-corrected chi connectivity index (χ4v) is 9.21. The fourth-order valence-electron chi connectivity index (χ4n) is 8.17. The molecule has 0 unspecified atom stereocenters. The molecule has 307 valence electrons. The molecular weight excluding hydrogens is 963 g/mol. The summed E-state index contributed by atoms with van der Waals surface area (Å²) in [4.78, 5) is 9.80. The number of hydrogen-bond acceptors (Lipinski definition) is 3. The quantitative estimate of drug-likeness (QED) is 0.118. The summed E-state index contributed by atoms with van der Waals surface area (Å²) in [6.45, 7) is 7.00. The topological polar surface area (TPSA) is 43.9 Å². The van der Waals surface area contributed by atoms with Crippen molar-refractivity contribution in [1.82, 2.24) is 14.5 Å². The number of furan rings is 1. The molecule has 0 N–H and O–H groups in total. The minimum atomic E-state index is -1.23. The maximum atomic E-state index is 6.73. The summed E-state index contributed by atoms with van der Waals surface area (Å²) in [6.07, 6.45) is 2.02. The van der Waals surface area contributed by atoms with Crippen LogP contribution in [0.15, 0.2) is 211 Å². The molecule has 0 aliphatic heterocycles. The Balaban J connectivity index is 0.000000251. The maximum absolute atomic E-state index is 6.73. The molecule has 0 atom stereocenters. The van der Waals surface area contributed by atoms with E-state index in [-0.39, 0.29) is 20.1 Å². The molecular formula is C57H43IrN3OSi-2. The predicted molar refractivity (Wildman–Crippen MR) is 260 cm³/mol. The van der Waals surface area contributed by atoms with Gasteiger partial charge in [0.05, 0.1) is 36.2 Å². The maximum Gasteiger partial charge on any atom is 0.121 e. The molecule has 8 aromatic carbocycles. The second-order valence-electron chi connectivity index (χ2n) is 16.4. The van der Waals surface area contributed by atoms with Gasteiger partial charge in [-0.05, 0) is 51.3 Å². The zero-order valence-corrected chi connectivity index (χ0v) is 38.6. The molecule has 1 radical (unpaired) electrons. The molecule has 11 rings (SSSR count). The van der Waals surface area contributed by atoms with Crippen LogP contribution in [0.25, 0.3) is 94.7 Å². The number of para-hydroxylation sites is 3. The number of hydrogen-bond donors (Lipinski definition) is 0. The summed E-state index contributed by atoms with van der Waals surface area (Å²) in [5.41, 5.74) is 14.3. The minimum Gasteiger partial charge on any atom is -0.501 e. The summed E-state index contributed by atoms with van der Waals surface area (Å²) in [5, 5.41) is 3.51. The number of imidazole rings is 1. The Labute approximate surface area is 382 Å². The molecule has 0 aliphatic rings. The van der Waals surface area contributed by atoms with Crippen molar-refractivity contribution in [2.75, 3.05) is 0 Å². The number of fused-ring (bicyclic) bond motifs is 4. The van der Waals surface area contributed by atoms with Crippen molar-refractivity contribution in [2.24, 2.45) is 0 Å². The zero-order chi connectivity index (χ0) is 42.0. The molecule has 0 bridgehead atoms. The van der Waals surface area contributed by atoms with Crippen molar-refractivity contribution in [2.45, 2.75) is 19.6 Å². The van der Waals surface area contributed by atoms with Crippen molar-refractivity contribution in [3.63, 3.8) is 0 Å². The Hall–Kier alpha value is -6.95. The second kappa shape index (κ2) is 17.8. The van der Waals surface area contributed by atoms with Crippen LogP contribution in [0.2, 0.25) is 19.6 Å². The summed E-state index contributed by atoms with van der Waals surface area (Å²) < 4.78 is 9.03. The number of benzene rings is 8. The van der Waals surface area contributed by atoms with Gasteiger partial charge < -0.3 is 14.0 Å². The van der Waals surface area contributed by atoms with E-state index in [0.717, 1.165) is 94.7 Å². The van der Waals surface area contributed by atoms with Crippen LogP contribution in [0, 0.1) is 12.1 Å². The van der Waals surface area contributed by atoms with Crippen molar-refractivity contribution in [1.29, 1.82) is 0 Å². The van der Waals surface area contributed by atoms with E-state index < -0.39 is 8.07 Å². The zero-order valence-electron chi connectivity index (χ0n) is 35.2. The molecule has 0 aliphatic carbocycles. The number of pyridine rings is 1. The molecule has 0 saturated carbocycles. The van der Waals surface area contributed by atoms with E-state index in [2.05, 4.69) is 199 Å². The second-order valence-corrected chi connectivity index (χ2v) is 21.5. The third kappa shape index (κ3) is 8.25. The summed E-state index contributed by atoms with van der Waals surface area (Å²) in [5.74, 6) is 0.787. The van der Waals surface area contributed by atoms with Crippen molar-refractivity contribution in [3.8, 4) is 61.7 Å². The average Bonchev–Trinajstić information content (AvgIpc) is 3.91. The molecule has 0 amide bonds. The van der Waals surface area contributed by atoms with Crippen LogP contribution in [-0.2, 0) is 20.1 Å². The van der Waals surface area contributed by atoms with Gasteiger partial charge in [0.15, 0.2) is 0 Å². The van der Waals surface area contributed by atoms with Gasteiger partial charge in [-0.15, -0.1) is 54.1 Å². The normalized spacial score (nSPS) is 11.3. The largest absolute Gasteiger partial charge is 0.501 e. The van der Waals surface area contributed by atoms with Crippen LogP contribution in [0.3, 0.4) is 0 Å². The Morgan fingerprint density at radius 3 is 1.83 bits per heavy atom. The Bertz CT molecular complexity index is 3250. The SMILES string of the molecule is C[Si](C)(C)c1ccc(-c2[c-]cccc2)nc1.[Ir].[c-]1ccc2c(oc3cc(-c4ccccc4)ccc32)c1-c1nc2ccccc2n1-c1c(-c2ccccc2)cccc1-c1ccccc1. The van der Waals surface area contributed by atoms with Gasteiger partial charge in [-0.25, -0.2) is 0 Å². The number of nitrogens with zero attached hydrogens (tertiary/aromatic N) is 3. The summed E-state index contributed by atoms with van der Waals surface area (Å²) in [6, 6.07) is 76.0. The van der Waals surface area contributed by atoms with E-state index in [0.29, 0.717) is 0 Å². The predicted octanol–water partition coefficient (Wildman–Crippen LogP) is 14.5. The van der Waals surface area contributed by atoms with E-state index in [9.17, 15) is 0 Å². The van der Waals surface area contributed by atoms with Crippen LogP contribution in [0.1, 0.15) is 0 Å². The Kier molecular flexibility index (Phi) is 11.7. The van der Waals surface area contributed by atoms with Crippen molar-refractivity contribution < 1.29 is 24.5 Å². The van der Waals surface area contributed by atoms with E-state index in [1.54, 1.807) is 0 Å². The first-order chi connectivity index (χ1) is 30.4. The third-order valence-electron chi connectivity index (χ3n) is 11.4. The van der Waals surface area contributed by atoms with E-state index in [4.69, 9.17) is 9.40 Å². The van der Waals surface area contributed by atoms with Gasteiger partial charge in [0.2, 0.25) is 0 Å². The standard InChI is InChI=1S/C43H27N2O.C14H16NSi.Ir/c1-4-14-29(15-5-1)32-26-27-35-36-22-13-23-37(42(36)46-40(35)28-32)43-44-38-24-10-11-25-39(38)45(43)41-33(30-16-6-2-7-17-30)20-12-21-34(41)31-18-8-3-9-19-31;1-16(2,3)13-9-10-14(15-11-13)12-7-5-4-6-8-12;/h1-22,24-28H;4-7,9-11H,1-3H3;/q2*-1;. The van der Waals surface area contributed by atoms with E-state index in [1.807, 2.05) is 48.7 Å². The first-order valence-electron chi connectivity index (χ1n) is 21.0. The first-order valence-corrected chi connectivity index (χ1v) is 24.5. The molecule has 6 heteroatoms. The molecule has 11 aromatic rings. The van der Waals surface area contributed by atoms with Gasteiger partial charge in [-0.3, -0.25) is 4.98 Å². The van der Waals surface area contributed by atoms with Crippen molar-refractivity contribution in [3.05, 3.63) is 219 Å². The van der Waals surface area contributed by atoms with Crippen molar-refractivity contribution >= 4 is 46.2 Å². The molecule has 3 aromatic heterocycles. The van der Waals surface area contributed by atoms with Gasteiger partial charge in [-0.2, -0.15) is 0 Å². The van der Waals surface area contributed by atoms with E-state index >= 15 is 0 Å². The smallest absolute Gasteiger partial charge is 0.121 e. The minimum absolute atomic E-state index is 0. The molecule has 0 saturated heterocycles. The van der Waals surface area contributed by atoms with E-state index in [1.165, 1.54) is 5.19 Å². The van der Waals surface area contributed by atoms with Gasteiger partial charge >= 0.3 is 0 Å². The van der Waals surface area contributed by atoms with Gasteiger partial charge in [0, 0.05) is 42.8 Å². The Morgan fingerprint density at radius 2 is 1.19 bits per heavy atom. The van der Waals surface area contributed by atoms with Crippen LogP contribution >= 0.6 is 0 Å². The summed E-state index contributed by atoms with van der Waals surface area (Å²) in [7, 11) is -1.23. The Morgan fingerprint density at radius 1 is 0.540 bits per heavy atom. The van der Waals surface area contributed by atoms with Gasteiger partial charge in [0.1, 0.15) is 5.58 Å². The summed E-state index contributed by atoms with van der Waals surface area (Å²) >= 11 is 0. The van der Waals surface area contributed by atoms with Gasteiger partial charge in [0.25, 0.3) is 0 Å². The average molecular weight is 1010 g/mol. The monoisotopic (exact) mass is 1010 g/mol. The molecule has 0 spiro atoms. The number of aromatic nitrogens is 3. The number of rotatable bonds is 7. The molecule has 63 heavy (non-hydrogen) atoms. The fraction of sp³-hybridized carbons (Fsp3) is 0.0526. The van der Waals surface area contributed by atoms with Gasteiger partial charge in [-0.1, -0.05) is 176 Å². The van der Waals surface area contributed by atoms with Crippen LogP contribution in [-0.4, -0.2) is 22.6 Å².